The number of aromatic carboxylic acids is 1. The third-order valence-corrected chi connectivity index (χ3v) is 3.23. The lowest BCUT2D eigenvalue weighted by atomic mass is 10.2. The number of carboxylic acid groups (broad SMARTS) is 1. The van der Waals surface area contributed by atoms with Crippen molar-refractivity contribution in [2.24, 2.45) is 0 Å². The third kappa shape index (κ3) is 1.92. The molecule has 0 unspecified atom stereocenters. The second-order valence-electron chi connectivity index (χ2n) is 4.18. The fraction of sp³-hybridized carbons (Fsp3) is 0. The molecule has 2 heterocycles. The van der Waals surface area contributed by atoms with Crippen molar-refractivity contribution < 1.29 is 14.3 Å². The molecule has 3 aromatic rings. The fourth-order valence-corrected chi connectivity index (χ4v) is 2.32. The van der Waals surface area contributed by atoms with Gasteiger partial charge in [-0.3, -0.25) is 4.57 Å². The summed E-state index contributed by atoms with van der Waals surface area (Å²) in [6, 6.07) is 8.70. The first-order valence-corrected chi connectivity index (χ1v) is 6.11. The zero-order chi connectivity index (χ0) is 14.3. The molecule has 0 spiro atoms. The molecule has 0 aliphatic rings. The molecular weight excluding hydrogens is 283 g/mol. The number of hydrogen-bond acceptors (Lipinski definition) is 2. The van der Waals surface area contributed by atoms with Gasteiger partial charge in [0.25, 0.3) is 0 Å². The molecule has 0 atom stereocenters. The van der Waals surface area contributed by atoms with Crippen molar-refractivity contribution in [2.75, 3.05) is 0 Å². The Morgan fingerprint density at radius 2 is 2.10 bits per heavy atom. The average molecular weight is 291 g/mol. The molecule has 2 aromatic heterocycles. The highest BCUT2D eigenvalue weighted by molar-refractivity contribution is 6.32. The van der Waals surface area contributed by atoms with Gasteiger partial charge in [0.2, 0.25) is 0 Å². The Hall–Kier alpha value is -2.40. The molecule has 100 valence electrons. The van der Waals surface area contributed by atoms with Crippen molar-refractivity contribution >= 4 is 28.5 Å². The van der Waals surface area contributed by atoms with E-state index in [2.05, 4.69) is 4.98 Å². The highest BCUT2D eigenvalue weighted by atomic mass is 35.5. The summed E-state index contributed by atoms with van der Waals surface area (Å²) in [6.07, 6.45) is 1.52. The molecule has 6 heteroatoms. The topological polar surface area (TPSA) is 55.1 Å². The van der Waals surface area contributed by atoms with E-state index in [1.807, 2.05) is 0 Å². The third-order valence-electron chi connectivity index (χ3n) is 2.93. The van der Waals surface area contributed by atoms with Crippen LogP contribution in [0.4, 0.5) is 4.39 Å². The van der Waals surface area contributed by atoms with Gasteiger partial charge in [-0.05, 0) is 36.4 Å². The van der Waals surface area contributed by atoms with E-state index in [0.717, 1.165) is 0 Å². The van der Waals surface area contributed by atoms with E-state index in [0.29, 0.717) is 21.7 Å². The number of carbonyl (C=O) groups is 1. The number of benzene rings is 1. The van der Waals surface area contributed by atoms with Gasteiger partial charge in [-0.15, -0.1) is 0 Å². The second kappa shape index (κ2) is 4.61. The summed E-state index contributed by atoms with van der Waals surface area (Å²) in [6.45, 7) is 0. The summed E-state index contributed by atoms with van der Waals surface area (Å²) in [5.41, 5.74) is 0.510. The smallest absolute Gasteiger partial charge is 0.352 e. The number of carboxylic acids is 1. The van der Waals surface area contributed by atoms with Crippen LogP contribution < -0.4 is 0 Å². The Morgan fingerprint density at radius 3 is 2.80 bits per heavy atom. The highest BCUT2D eigenvalue weighted by Crippen LogP contribution is 2.27. The van der Waals surface area contributed by atoms with Gasteiger partial charge in [-0.2, -0.15) is 0 Å². The van der Waals surface area contributed by atoms with Gasteiger partial charge >= 0.3 is 5.97 Å². The van der Waals surface area contributed by atoms with Gasteiger partial charge in [0.05, 0.1) is 10.5 Å². The molecule has 0 saturated carbocycles. The summed E-state index contributed by atoms with van der Waals surface area (Å²) in [5.74, 6) is -1.27. The van der Waals surface area contributed by atoms with Crippen LogP contribution in [0.3, 0.4) is 0 Å². The van der Waals surface area contributed by atoms with Crippen LogP contribution in [0.2, 0.25) is 5.02 Å². The standard InChI is InChI=1S/C14H8ClFN2O2/c15-10-2-1-5-17-13(10)18-11-4-3-9(16)6-8(11)7-12(18)14(19)20/h1-7H,(H,19,20). The largest absolute Gasteiger partial charge is 0.477 e. The SMILES string of the molecule is O=C(O)c1cc2cc(F)ccc2n1-c1ncccc1Cl. The molecule has 0 amide bonds. The molecule has 20 heavy (non-hydrogen) atoms. The predicted molar refractivity (Wildman–Crippen MR) is 73.0 cm³/mol. The Morgan fingerprint density at radius 1 is 1.30 bits per heavy atom. The number of pyridine rings is 1. The zero-order valence-electron chi connectivity index (χ0n) is 10.0. The van der Waals surface area contributed by atoms with Crippen molar-refractivity contribution in [3.05, 3.63) is 59.1 Å². The molecular formula is C14H8ClFN2O2. The van der Waals surface area contributed by atoms with Crippen LogP contribution in [0.5, 0.6) is 0 Å². The number of rotatable bonds is 2. The van der Waals surface area contributed by atoms with E-state index in [9.17, 15) is 14.3 Å². The Kier molecular flexibility index (Phi) is 2.91. The van der Waals surface area contributed by atoms with E-state index < -0.39 is 11.8 Å². The van der Waals surface area contributed by atoms with Crippen LogP contribution in [-0.2, 0) is 0 Å². The van der Waals surface area contributed by atoms with Gasteiger partial charge in [-0.25, -0.2) is 14.2 Å². The molecule has 3 rings (SSSR count). The summed E-state index contributed by atoms with van der Waals surface area (Å²) in [5, 5.41) is 10.1. The van der Waals surface area contributed by atoms with Crippen molar-refractivity contribution in [2.45, 2.75) is 0 Å². The second-order valence-corrected chi connectivity index (χ2v) is 4.59. The number of nitrogens with zero attached hydrogens (tertiary/aromatic N) is 2. The van der Waals surface area contributed by atoms with Crippen molar-refractivity contribution in [1.29, 1.82) is 0 Å². The quantitative estimate of drug-likeness (QED) is 0.785. The van der Waals surface area contributed by atoms with Gasteiger partial charge in [0.1, 0.15) is 11.5 Å². The highest BCUT2D eigenvalue weighted by Gasteiger charge is 2.18. The van der Waals surface area contributed by atoms with Crippen LogP contribution in [0.1, 0.15) is 10.5 Å². The van der Waals surface area contributed by atoms with Crippen molar-refractivity contribution in [3.8, 4) is 5.82 Å². The molecule has 0 radical (unpaired) electrons. The predicted octanol–water partition coefficient (Wildman–Crippen LogP) is 3.52. The minimum absolute atomic E-state index is 0.0220. The molecule has 0 aliphatic heterocycles. The minimum Gasteiger partial charge on any atom is -0.477 e. The van der Waals surface area contributed by atoms with E-state index in [4.69, 9.17) is 11.6 Å². The lowest BCUT2D eigenvalue weighted by Crippen LogP contribution is -2.08. The normalized spacial score (nSPS) is 10.9. The summed E-state index contributed by atoms with van der Waals surface area (Å²) in [4.78, 5) is 15.5. The van der Waals surface area contributed by atoms with Gasteiger partial charge in [0.15, 0.2) is 5.82 Å². The Labute approximate surface area is 118 Å². The molecule has 0 bridgehead atoms. The van der Waals surface area contributed by atoms with E-state index in [1.54, 1.807) is 12.1 Å². The van der Waals surface area contributed by atoms with Gasteiger partial charge < -0.3 is 5.11 Å². The fourth-order valence-electron chi connectivity index (χ4n) is 2.11. The zero-order valence-corrected chi connectivity index (χ0v) is 10.8. The Bertz CT molecular complexity index is 829. The lowest BCUT2D eigenvalue weighted by molar-refractivity contribution is 0.0688. The molecule has 1 aromatic carbocycles. The van der Waals surface area contributed by atoms with E-state index >= 15 is 0 Å². The van der Waals surface area contributed by atoms with E-state index in [-0.39, 0.29) is 5.69 Å². The molecule has 1 N–H and O–H groups in total. The summed E-state index contributed by atoms with van der Waals surface area (Å²) >= 11 is 6.07. The van der Waals surface area contributed by atoms with Crippen LogP contribution >= 0.6 is 11.6 Å². The first-order chi connectivity index (χ1) is 9.58. The first kappa shape index (κ1) is 12.6. The van der Waals surface area contributed by atoms with Crippen LogP contribution in [0, 0.1) is 5.82 Å². The maximum Gasteiger partial charge on any atom is 0.352 e. The lowest BCUT2D eigenvalue weighted by Gasteiger charge is -2.08. The van der Waals surface area contributed by atoms with Crippen molar-refractivity contribution in [1.82, 2.24) is 9.55 Å². The monoisotopic (exact) mass is 290 g/mol. The summed E-state index contributed by atoms with van der Waals surface area (Å²) < 4.78 is 14.7. The number of aromatic nitrogens is 2. The summed E-state index contributed by atoms with van der Waals surface area (Å²) in [7, 11) is 0. The number of hydrogen-bond donors (Lipinski definition) is 1. The van der Waals surface area contributed by atoms with Gasteiger partial charge in [-0.1, -0.05) is 11.6 Å². The molecule has 0 aliphatic carbocycles. The Balaban J connectivity index is 2.41. The van der Waals surface area contributed by atoms with Crippen LogP contribution in [0.15, 0.2) is 42.6 Å². The molecule has 0 saturated heterocycles. The number of fused-ring (bicyclic) bond motifs is 1. The maximum atomic E-state index is 13.3. The van der Waals surface area contributed by atoms with Crippen molar-refractivity contribution in [3.63, 3.8) is 0 Å². The average Bonchev–Trinajstić information content (AvgIpc) is 2.78. The number of halogens is 2. The maximum absolute atomic E-state index is 13.3. The van der Waals surface area contributed by atoms with E-state index in [1.165, 1.54) is 35.0 Å². The first-order valence-electron chi connectivity index (χ1n) is 5.73. The van der Waals surface area contributed by atoms with Gasteiger partial charge in [0, 0.05) is 11.6 Å². The molecule has 0 fully saturated rings. The minimum atomic E-state index is -1.14. The van der Waals surface area contributed by atoms with Crippen LogP contribution in [-0.4, -0.2) is 20.6 Å². The molecule has 4 nitrogen and oxygen atoms in total. The van der Waals surface area contributed by atoms with Crippen LogP contribution in [0.25, 0.3) is 16.7 Å².